The lowest BCUT2D eigenvalue weighted by Crippen LogP contribution is -2.19. The molecule has 0 bridgehead atoms. The SMILES string of the molecule is COc1nc(NC(C)Cc2ccsc2)ncc1Br. The molecule has 0 radical (unpaired) electrons. The summed E-state index contributed by atoms with van der Waals surface area (Å²) in [6.45, 7) is 2.11. The summed E-state index contributed by atoms with van der Waals surface area (Å²) >= 11 is 5.04. The largest absolute Gasteiger partial charge is 0.480 e. The second-order valence-electron chi connectivity index (χ2n) is 3.93. The Labute approximate surface area is 119 Å². The van der Waals surface area contributed by atoms with E-state index in [9.17, 15) is 0 Å². The molecular weight excluding hydrogens is 314 g/mol. The fourth-order valence-electron chi connectivity index (χ4n) is 1.60. The molecule has 96 valence electrons. The molecule has 0 fully saturated rings. The summed E-state index contributed by atoms with van der Waals surface area (Å²) in [5.41, 5.74) is 1.32. The van der Waals surface area contributed by atoms with Gasteiger partial charge in [-0.15, -0.1) is 0 Å². The Morgan fingerprint density at radius 2 is 2.39 bits per heavy atom. The number of thiophene rings is 1. The summed E-state index contributed by atoms with van der Waals surface area (Å²) < 4.78 is 5.89. The third-order valence-corrected chi connectivity index (χ3v) is 3.68. The van der Waals surface area contributed by atoms with Crippen LogP contribution in [0.2, 0.25) is 0 Å². The third kappa shape index (κ3) is 3.43. The molecule has 6 heteroatoms. The Morgan fingerprint density at radius 3 is 3.06 bits per heavy atom. The highest BCUT2D eigenvalue weighted by Gasteiger charge is 2.08. The fraction of sp³-hybridized carbons (Fsp3) is 0.333. The number of halogens is 1. The fourth-order valence-corrected chi connectivity index (χ4v) is 2.63. The molecule has 0 saturated carbocycles. The molecule has 0 saturated heterocycles. The van der Waals surface area contributed by atoms with E-state index < -0.39 is 0 Å². The zero-order chi connectivity index (χ0) is 13.0. The van der Waals surface area contributed by atoms with E-state index in [0.717, 1.165) is 10.9 Å². The van der Waals surface area contributed by atoms with Crippen LogP contribution >= 0.6 is 27.3 Å². The van der Waals surface area contributed by atoms with Gasteiger partial charge in [-0.3, -0.25) is 0 Å². The molecule has 1 N–H and O–H groups in total. The first kappa shape index (κ1) is 13.3. The van der Waals surface area contributed by atoms with E-state index in [1.165, 1.54) is 5.56 Å². The summed E-state index contributed by atoms with van der Waals surface area (Å²) in [5.74, 6) is 1.12. The summed E-state index contributed by atoms with van der Waals surface area (Å²) in [6, 6.07) is 2.40. The van der Waals surface area contributed by atoms with Crippen molar-refractivity contribution in [3.63, 3.8) is 0 Å². The van der Waals surface area contributed by atoms with Crippen molar-refractivity contribution >= 4 is 33.2 Å². The van der Waals surface area contributed by atoms with Gasteiger partial charge in [-0.1, -0.05) is 0 Å². The van der Waals surface area contributed by atoms with Gasteiger partial charge in [0.25, 0.3) is 0 Å². The van der Waals surface area contributed by atoms with E-state index in [1.54, 1.807) is 24.6 Å². The lowest BCUT2D eigenvalue weighted by molar-refractivity contribution is 0.394. The molecule has 0 aliphatic carbocycles. The van der Waals surface area contributed by atoms with Gasteiger partial charge in [0, 0.05) is 6.04 Å². The zero-order valence-corrected chi connectivity index (χ0v) is 12.6. The van der Waals surface area contributed by atoms with Gasteiger partial charge in [0.15, 0.2) is 0 Å². The van der Waals surface area contributed by atoms with Crippen molar-refractivity contribution < 1.29 is 4.74 Å². The summed E-state index contributed by atoms with van der Waals surface area (Å²) in [4.78, 5) is 8.48. The molecule has 2 aromatic heterocycles. The average molecular weight is 328 g/mol. The first-order valence-corrected chi connectivity index (χ1v) is 7.26. The van der Waals surface area contributed by atoms with Gasteiger partial charge in [0.05, 0.1) is 17.8 Å². The standard InChI is InChI=1S/C12H14BrN3OS/c1-8(5-9-3-4-18-7-9)15-12-14-6-10(13)11(16-12)17-2/h3-4,6-8H,5H2,1-2H3,(H,14,15,16). The lowest BCUT2D eigenvalue weighted by atomic mass is 10.1. The minimum absolute atomic E-state index is 0.269. The number of hydrogen-bond donors (Lipinski definition) is 1. The average Bonchev–Trinajstić information content (AvgIpc) is 2.84. The molecule has 2 aromatic rings. The van der Waals surface area contributed by atoms with Crippen molar-refractivity contribution in [3.8, 4) is 5.88 Å². The van der Waals surface area contributed by atoms with Crippen LogP contribution in [0.1, 0.15) is 12.5 Å². The van der Waals surface area contributed by atoms with E-state index >= 15 is 0 Å². The Morgan fingerprint density at radius 1 is 1.56 bits per heavy atom. The number of hydrogen-bond acceptors (Lipinski definition) is 5. The predicted octanol–water partition coefficient (Wildman–Crippen LogP) is 3.35. The normalized spacial score (nSPS) is 12.2. The van der Waals surface area contributed by atoms with Crippen LogP contribution in [0, 0.1) is 0 Å². The first-order valence-electron chi connectivity index (χ1n) is 5.53. The lowest BCUT2D eigenvalue weighted by Gasteiger charge is -2.13. The highest BCUT2D eigenvalue weighted by atomic mass is 79.9. The molecule has 0 aliphatic rings. The van der Waals surface area contributed by atoms with Crippen molar-refractivity contribution in [2.24, 2.45) is 0 Å². The van der Waals surface area contributed by atoms with Crippen LogP contribution in [-0.2, 0) is 6.42 Å². The summed E-state index contributed by atoms with van der Waals surface area (Å²) in [5, 5.41) is 7.50. The number of ether oxygens (including phenoxy) is 1. The number of anilines is 1. The van der Waals surface area contributed by atoms with Crippen LogP contribution < -0.4 is 10.1 Å². The van der Waals surface area contributed by atoms with Gasteiger partial charge in [0.1, 0.15) is 0 Å². The second-order valence-corrected chi connectivity index (χ2v) is 5.57. The van der Waals surface area contributed by atoms with Crippen LogP contribution in [0.4, 0.5) is 5.95 Å². The van der Waals surface area contributed by atoms with Gasteiger partial charge >= 0.3 is 0 Å². The number of nitrogens with one attached hydrogen (secondary N) is 1. The van der Waals surface area contributed by atoms with E-state index in [4.69, 9.17) is 4.74 Å². The van der Waals surface area contributed by atoms with Gasteiger partial charge < -0.3 is 10.1 Å². The number of rotatable bonds is 5. The van der Waals surface area contributed by atoms with Crippen molar-refractivity contribution in [2.45, 2.75) is 19.4 Å². The number of nitrogens with zero attached hydrogens (tertiary/aromatic N) is 2. The van der Waals surface area contributed by atoms with Gasteiger partial charge in [-0.2, -0.15) is 16.3 Å². The quantitative estimate of drug-likeness (QED) is 0.914. The predicted molar refractivity (Wildman–Crippen MR) is 77.4 cm³/mol. The minimum atomic E-state index is 0.269. The van der Waals surface area contributed by atoms with Crippen molar-refractivity contribution in [1.82, 2.24) is 9.97 Å². The molecule has 0 amide bonds. The van der Waals surface area contributed by atoms with Gasteiger partial charge in [0.2, 0.25) is 11.8 Å². The number of methoxy groups -OCH3 is 1. The smallest absolute Gasteiger partial charge is 0.232 e. The van der Waals surface area contributed by atoms with E-state index in [-0.39, 0.29) is 6.04 Å². The zero-order valence-electron chi connectivity index (χ0n) is 10.2. The van der Waals surface area contributed by atoms with E-state index in [1.807, 2.05) is 0 Å². The van der Waals surface area contributed by atoms with E-state index in [2.05, 4.69) is 55.0 Å². The van der Waals surface area contributed by atoms with Crippen LogP contribution in [0.25, 0.3) is 0 Å². The summed E-state index contributed by atoms with van der Waals surface area (Å²) in [6.07, 6.45) is 2.64. The second kappa shape index (κ2) is 6.15. The Hall–Kier alpha value is -1.14. The van der Waals surface area contributed by atoms with Gasteiger partial charge in [-0.25, -0.2) is 4.98 Å². The van der Waals surface area contributed by atoms with Gasteiger partial charge in [-0.05, 0) is 51.7 Å². The molecule has 0 spiro atoms. The summed E-state index contributed by atoms with van der Waals surface area (Å²) in [7, 11) is 1.59. The molecule has 2 heterocycles. The maximum Gasteiger partial charge on any atom is 0.232 e. The molecule has 1 atom stereocenters. The maximum atomic E-state index is 5.14. The minimum Gasteiger partial charge on any atom is -0.480 e. The van der Waals surface area contributed by atoms with Crippen molar-refractivity contribution in [2.75, 3.05) is 12.4 Å². The maximum absolute atomic E-state index is 5.14. The molecule has 0 aliphatic heterocycles. The topological polar surface area (TPSA) is 47.0 Å². The Kier molecular flexibility index (Phi) is 4.54. The van der Waals surface area contributed by atoms with Crippen LogP contribution in [0.3, 0.4) is 0 Å². The van der Waals surface area contributed by atoms with Crippen LogP contribution in [0.15, 0.2) is 27.5 Å². The molecule has 2 rings (SSSR count). The molecular formula is C12H14BrN3OS. The first-order chi connectivity index (χ1) is 8.69. The Balaban J connectivity index is 2.00. The highest BCUT2D eigenvalue weighted by Crippen LogP contribution is 2.22. The van der Waals surface area contributed by atoms with Crippen molar-refractivity contribution in [1.29, 1.82) is 0 Å². The van der Waals surface area contributed by atoms with E-state index in [0.29, 0.717) is 11.8 Å². The molecule has 18 heavy (non-hydrogen) atoms. The molecule has 0 aromatic carbocycles. The third-order valence-electron chi connectivity index (χ3n) is 2.40. The molecule has 1 unspecified atom stereocenters. The number of aromatic nitrogens is 2. The Bertz CT molecular complexity index is 504. The molecule has 4 nitrogen and oxygen atoms in total. The van der Waals surface area contributed by atoms with Crippen LogP contribution in [-0.4, -0.2) is 23.1 Å². The van der Waals surface area contributed by atoms with Crippen molar-refractivity contribution in [3.05, 3.63) is 33.1 Å². The monoisotopic (exact) mass is 327 g/mol. The van der Waals surface area contributed by atoms with Crippen LogP contribution in [0.5, 0.6) is 5.88 Å². The highest BCUT2D eigenvalue weighted by molar-refractivity contribution is 9.10.